The standard InChI is InChI=1S/C12H12N6/c13-11-5-9(15-17-11)7-1-2-8(4-3-7)10-6-12(14)18-16-10/h1-6H,(H3,13,15,17)(H3,14,16,18). The van der Waals surface area contributed by atoms with E-state index in [1.165, 1.54) is 0 Å². The summed E-state index contributed by atoms with van der Waals surface area (Å²) >= 11 is 0. The molecule has 2 aromatic heterocycles. The highest BCUT2D eigenvalue weighted by molar-refractivity contribution is 5.68. The molecule has 18 heavy (non-hydrogen) atoms. The van der Waals surface area contributed by atoms with Gasteiger partial charge in [-0.15, -0.1) is 0 Å². The van der Waals surface area contributed by atoms with Gasteiger partial charge in [-0.05, 0) is 11.1 Å². The average Bonchev–Trinajstić information content (AvgIpc) is 2.98. The van der Waals surface area contributed by atoms with Gasteiger partial charge in [0.25, 0.3) is 0 Å². The summed E-state index contributed by atoms with van der Waals surface area (Å²) in [6, 6.07) is 11.5. The van der Waals surface area contributed by atoms with Gasteiger partial charge in [0.2, 0.25) is 0 Å². The first-order valence-corrected chi connectivity index (χ1v) is 5.45. The fourth-order valence-corrected chi connectivity index (χ4v) is 1.80. The molecule has 6 nitrogen and oxygen atoms in total. The first-order valence-electron chi connectivity index (χ1n) is 5.45. The van der Waals surface area contributed by atoms with Gasteiger partial charge in [0.15, 0.2) is 0 Å². The van der Waals surface area contributed by atoms with Crippen molar-refractivity contribution in [2.45, 2.75) is 0 Å². The van der Waals surface area contributed by atoms with E-state index in [1.807, 2.05) is 24.3 Å². The van der Waals surface area contributed by atoms with E-state index in [1.54, 1.807) is 12.1 Å². The van der Waals surface area contributed by atoms with Crippen LogP contribution in [0.3, 0.4) is 0 Å². The average molecular weight is 240 g/mol. The van der Waals surface area contributed by atoms with Gasteiger partial charge in [-0.1, -0.05) is 24.3 Å². The van der Waals surface area contributed by atoms with Crippen molar-refractivity contribution in [3.8, 4) is 22.5 Å². The molecule has 3 rings (SSSR count). The van der Waals surface area contributed by atoms with Crippen LogP contribution in [0, 0.1) is 0 Å². The minimum Gasteiger partial charge on any atom is -0.382 e. The number of hydrogen-bond acceptors (Lipinski definition) is 4. The number of benzene rings is 1. The second kappa shape index (κ2) is 3.92. The first kappa shape index (κ1) is 10.4. The fourth-order valence-electron chi connectivity index (χ4n) is 1.80. The van der Waals surface area contributed by atoms with Crippen LogP contribution in [-0.4, -0.2) is 20.4 Å². The van der Waals surface area contributed by atoms with E-state index in [9.17, 15) is 0 Å². The van der Waals surface area contributed by atoms with Crippen LogP contribution in [0.2, 0.25) is 0 Å². The summed E-state index contributed by atoms with van der Waals surface area (Å²) in [5.41, 5.74) is 15.0. The Labute approximate surface area is 103 Å². The summed E-state index contributed by atoms with van der Waals surface area (Å²) in [5.74, 6) is 0.964. The minimum atomic E-state index is 0.482. The Bertz CT molecular complexity index is 605. The lowest BCUT2D eigenvalue weighted by Gasteiger charge is -2.00. The largest absolute Gasteiger partial charge is 0.382 e. The van der Waals surface area contributed by atoms with Gasteiger partial charge in [-0.2, -0.15) is 10.2 Å². The third kappa shape index (κ3) is 1.80. The van der Waals surface area contributed by atoms with Crippen molar-refractivity contribution < 1.29 is 0 Å². The molecule has 0 fully saturated rings. The van der Waals surface area contributed by atoms with E-state index in [4.69, 9.17) is 11.5 Å². The third-order valence-electron chi connectivity index (χ3n) is 2.70. The molecule has 0 saturated carbocycles. The highest BCUT2D eigenvalue weighted by Crippen LogP contribution is 2.23. The van der Waals surface area contributed by atoms with E-state index in [0.29, 0.717) is 11.6 Å². The summed E-state index contributed by atoms with van der Waals surface area (Å²) in [6.45, 7) is 0. The lowest BCUT2D eigenvalue weighted by atomic mass is 10.1. The molecule has 6 heteroatoms. The predicted octanol–water partition coefficient (Wildman–Crippen LogP) is 1.63. The van der Waals surface area contributed by atoms with Crippen LogP contribution in [0.1, 0.15) is 0 Å². The van der Waals surface area contributed by atoms with E-state index in [-0.39, 0.29) is 0 Å². The molecular formula is C12H12N6. The Morgan fingerprint density at radius 2 is 1.11 bits per heavy atom. The van der Waals surface area contributed by atoms with Crippen LogP contribution in [0.4, 0.5) is 11.6 Å². The Balaban J connectivity index is 1.94. The van der Waals surface area contributed by atoms with Crippen LogP contribution >= 0.6 is 0 Å². The van der Waals surface area contributed by atoms with Crippen LogP contribution in [0.5, 0.6) is 0 Å². The van der Waals surface area contributed by atoms with E-state index in [0.717, 1.165) is 22.5 Å². The predicted molar refractivity (Wildman–Crippen MR) is 70.4 cm³/mol. The summed E-state index contributed by atoms with van der Waals surface area (Å²) in [7, 11) is 0. The number of nitrogens with two attached hydrogens (primary N) is 2. The Kier molecular flexibility index (Phi) is 2.26. The van der Waals surface area contributed by atoms with Crippen LogP contribution < -0.4 is 11.5 Å². The Hall–Kier alpha value is -2.76. The molecule has 90 valence electrons. The fraction of sp³-hybridized carbons (Fsp3) is 0. The molecule has 6 N–H and O–H groups in total. The van der Waals surface area contributed by atoms with Crippen molar-refractivity contribution in [1.82, 2.24) is 20.4 Å². The number of anilines is 2. The minimum absolute atomic E-state index is 0.482. The highest BCUT2D eigenvalue weighted by Gasteiger charge is 2.04. The molecule has 0 amide bonds. The van der Waals surface area contributed by atoms with Gasteiger partial charge >= 0.3 is 0 Å². The molecule has 0 aliphatic heterocycles. The lowest BCUT2D eigenvalue weighted by molar-refractivity contribution is 1.10. The van der Waals surface area contributed by atoms with Crippen molar-refractivity contribution in [1.29, 1.82) is 0 Å². The van der Waals surface area contributed by atoms with Crippen molar-refractivity contribution in [2.24, 2.45) is 0 Å². The van der Waals surface area contributed by atoms with Crippen molar-refractivity contribution >= 4 is 11.6 Å². The molecule has 2 heterocycles. The van der Waals surface area contributed by atoms with Crippen molar-refractivity contribution in [2.75, 3.05) is 11.5 Å². The van der Waals surface area contributed by atoms with Gasteiger partial charge < -0.3 is 11.5 Å². The Morgan fingerprint density at radius 1 is 0.722 bits per heavy atom. The molecule has 0 aliphatic carbocycles. The molecule has 0 bridgehead atoms. The maximum absolute atomic E-state index is 5.57. The molecule has 0 aliphatic rings. The zero-order valence-corrected chi connectivity index (χ0v) is 9.51. The smallest absolute Gasteiger partial charge is 0.145 e. The maximum atomic E-state index is 5.57. The molecule has 1 aromatic carbocycles. The third-order valence-corrected chi connectivity index (χ3v) is 2.70. The number of aromatic nitrogens is 4. The van der Waals surface area contributed by atoms with Crippen LogP contribution in [0.15, 0.2) is 36.4 Å². The number of hydrogen-bond donors (Lipinski definition) is 4. The van der Waals surface area contributed by atoms with Gasteiger partial charge in [0, 0.05) is 12.1 Å². The number of nitrogen functional groups attached to an aromatic ring is 2. The number of nitrogens with one attached hydrogen (secondary N) is 2. The van der Waals surface area contributed by atoms with Crippen LogP contribution in [-0.2, 0) is 0 Å². The second-order valence-corrected chi connectivity index (χ2v) is 3.99. The zero-order chi connectivity index (χ0) is 12.5. The van der Waals surface area contributed by atoms with Gasteiger partial charge in [0.1, 0.15) is 11.6 Å². The van der Waals surface area contributed by atoms with Crippen molar-refractivity contribution in [3.05, 3.63) is 36.4 Å². The monoisotopic (exact) mass is 240 g/mol. The Morgan fingerprint density at radius 3 is 1.39 bits per heavy atom. The highest BCUT2D eigenvalue weighted by atomic mass is 15.2. The topological polar surface area (TPSA) is 109 Å². The quantitative estimate of drug-likeness (QED) is 0.545. The molecule has 0 unspecified atom stereocenters. The molecule has 0 saturated heterocycles. The van der Waals surface area contributed by atoms with Crippen LogP contribution in [0.25, 0.3) is 22.5 Å². The molecule has 0 spiro atoms. The number of nitrogens with zero attached hydrogens (tertiary/aromatic N) is 2. The lowest BCUT2D eigenvalue weighted by Crippen LogP contribution is -1.81. The number of rotatable bonds is 2. The molecule has 0 atom stereocenters. The van der Waals surface area contributed by atoms with Gasteiger partial charge in [0.05, 0.1) is 11.4 Å². The van der Waals surface area contributed by atoms with E-state index >= 15 is 0 Å². The zero-order valence-electron chi connectivity index (χ0n) is 9.51. The SMILES string of the molecule is Nc1cc(-c2ccc(-c3cc(N)n[nH]3)cc2)[nH]n1. The molecule has 0 radical (unpaired) electrons. The molecule has 3 aromatic rings. The first-order chi connectivity index (χ1) is 8.72. The summed E-state index contributed by atoms with van der Waals surface area (Å²) < 4.78 is 0. The number of H-pyrrole nitrogens is 2. The maximum Gasteiger partial charge on any atom is 0.145 e. The molecular weight excluding hydrogens is 228 g/mol. The second-order valence-electron chi connectivity index (χ2n) is 3.99. The van der Waals surface area contributed by atoms with Gasteiger partial charge in [-0.25, -0.2) is 0 Å². The number of aromatic amines is 2. The van der Waals surface area contributed by atoms with Gasteiger partial charge in [-0.3, -0.25) is 10.2 Å². The van der Waals surface area contributed by atoms with Crippen molar-refractivity contribution in [3.63, 3.8) is 0 Å². The van der Waals surface area contributed by atoms with E-state index < -0.39 is 0 Å². The normalized spacial score (nSPS) is 10.7. The summed E-state index contributed by atoms with van der Waals surface area (Å²) in [4.78, 5) is 0. The summed E-state index contributed by atoms with van der Waals surface area (Å²) in [5, 5.41) is 13.5. The summed E-state index contributed by atoms with van der Waals surface area (Å²) in [6.07, 6.45) is 0. The van der Waals surface area contributed by atoms with E-state index in [2.05, 4.69) is 20.4 Å².